The summed E-state index contributed by atoms with van der Waals surface area (Å²) in [6.07, 6.45) is 1.62. The van der Waals surface area contributed by atoms with Gasteiger partial charge >= 0.3 is 0 Å². The molecule has 0 aliphatic heterocycles. The molecule has 0 unspecified atom stereocenters. The minimum Gasteiger partial charge on any atom is -0.392 e. The summed E-state index contributed by atoms with van der Waals surface area (Å²) in [5.74, 6) is 0. The Labute approximate surface area is 75.2 Å². The Hall–Kier alpha value is -0.0800. The number of rotatable bonds is 0. The largest absolute Gasteiger partial charge is 0.392 e. The van der Waals surface area contributed by atoms with E-state index in [0.29, 0.717) is 0 Å². The second-order valence-electron chi connectivity index (χ2n) is 5.55. The molecule has 1 rings (SSSR count). The molecule has 0 radical (unpaired) electrons. The predicted molar refractivity (Wildman–Crippen MR) is 50.8 cm³/mol. The highest BCUT2D eigenvalue weighted by Gasteiger charge is 2.45. The van der Waals surface area contributed by atoms with Crippen molar-refractivity contribution in [3.63, 3.8) is 0 Å². The lowest BCUT2D eigenvalue weighted by Crippen LogP contribution is -2.52. The van der Waals surface area contributed by atoms with Gasteiger partial charge in [-0.1, -0.05) is 27.7 Å². The van der Waals surface area contributed by atoms with Crippen molar-refractivity contribution >= 4 is 0 Å². The van der Waals surface area contributed by atoms with Gasteiger partial charge in [-0.3, -0.25) is 0 Å². The van der Waals surface area contributed by atoms with Crippen LogP contribution >= 0.6 is 0 Å². The van der Waals surface area contributed by atoms with E-state index in [1.807, 2.05) is 0 Å². The SMILES string of the molecule is CC1(C)CC(N)CC(C)(C)C1O. The second kappa shape index (κ2) is 2.71. The van der Waals surface area contributed by atoms with Crippen molar-refractivity contribution in [1.82, 2.24) is 0 Å². The molecule has 0 aromatic heterocycles. The van der Waals surface area contributed by atoms with Crippen LogP contribution in [0.15, 0.2) is 0 Å². The summed E-state index contributed by atoms with van der Waals surface area (Å²) in [7, 11) is 0. The van der Waals surface area contributed by atoms with Crippen molar-refractivity contribution in [2.24, 2.45) is 16.6 Å². The van der Waals surface area contributed by atoms with E-state index in [0.717, 1.165) is 12.8 Å². The molecule has 1 aliphatic rings. The van der Waals surface area contributed by atoms with Crippen LogP contribution in [0, 0.1) is 10.8 Å². The van der Waals surface area contributed by atoms with E-state index in [1.165, 1.54) is 0 Å². The van der Waals surface area contributed by atoms with Gasteiger partial charge in [0.1, 0.15) is 0 Å². The minimum absolute atomic E-state index is 0.0266. The lowest BCUT2D eigenvalue weighted by molar-refractivity contribution is -0.0812. The van der Waals surface area contributed by atoms with Crippen LogP contribution in [0.4, 0.5) is 0 Å². The lowest BCUT2D eigenvalue weighted by atomic mass is 9.61. The normalized spacial score (nSPS) is 39.5. The van der Waals surface area contributed by atoms with Gasteiger partial charge in [0.2, 0.25) is 0 Å². The van der Waals surface area contributed by atoms with Crippen LogP contribution in [-0.2, 0) is 0 Å². The van der Waals surface area contributed by atoms with E-state index in [-0.39, 0.29) is 23.0 Å². The quantitative estimate of drug-likeness (QED) is 0.580. The Kier molecular flexibility index (Phi) is 2.26. The van der Waals surface area contributed by atoms with Gasteiger partial charge in [0.05, 0.1) is 6.10 Å². The van der Waals surface area contributed by atoms with Gasteiger partial charge in [0.15, 0.2) is 0 Å². The Balaban J connectivity index is 2.84. The molecule has 0 aromatic rings. The molecule has 1 fully saturated rings. The topological polar surface area (TPSA) is 46.2 Å². The molecule has 12 heavy (non-hydrogen) atoms. The van der Waals surface area contributed by atoms with Crippen molar-refractivity contribution in [3.05, 3.63) is 0 Å². The molecule has 2 nitrogen and oxygen atoms in total. The van der Waals surface area contributed by atoms with Crippen LogP contribution in [-0.4, -0.2) is 17.3 Å². The van der Waals surface area contributed by atoms with Crippen LogP contribution in [0.1, 0.15) is 40.5 Å². The summed E-state index contributed by atoms with van der Waals surface area (Å²) in [6.45, 7) is 8.38. The molecule has 0 spiro atoms. The molecule has 1 saturated carbocycles. The van der Waals surface area contributed by atoms with Crippen LogP contribution < -0.4 is 5.73 Å². The van der Waals surface area contributed by atoms with Crippen molar-refractivity contribution in [2.75, 3.05) is 0 Å². The van der Waals surface area contributed by atoms with Crippen molar-refractivity contribution in [1.29, 1.82) is 0 Å². The average molecular weight is 171 g/mol. The number of nitrogens with two attached hydrogens (primary N) is 1. The van der Waals surface area contributed by atoms with Gasteiger partial charge in [-0.25, -0.2) is 0 Å². The van der Waals surface area contributed by atoms with E-state index in [4.69, 9.17) is 5.73 Å². The number of aliphatic hydroxyl groups excluding tert-OH is 1. The molecule has 0 amide bonds. The van der Waals surface area contributed by atoms with E-state index in [2.05, 4.69) is 27.7 Å². The highest BCUT2D eigenvalue weighted by Crippen LogP contribution is 2.45. The summed E-state index contributed by atoms with van der Waals surface area (Å²) in [5, 5.41) is 10.0. The first kappa shape index (κ1) is 10.0. The summed E-state index contributed by atoms with van der Waals surface area (Å²) < 4.78 is 0. The first-order valence-electron chi connectivity index (χ1n) is 4.69. The third kappa shape index (κ3) is 1.64. The molecular formula is C10H21NO. The fourth-order valence-electron chi connectivity index (χ4n) is 2.70. The maximum absolute atomic E-state index is 10.0. The van der Waals surface area contributed by atoms with Crippen LogP contribution in [0.2, 0.25) is 0 Å². The Morgan fingerprint density at radius 3 is 1.75 bits per heavy atom. The zero-order valence-corrected chi connectivity index (χ0v) is 8.59. The smallest absolute Gasteiger partial charge is 0.0643 e. The van der Waals surface area contributed by atoms with Crippen LogP contribution in [0.3, 0.4) is 0 Å². The highest BCUT2D eigenvalue weighted by atomic mass is 16.3. The third-order valence-corrected chi connectivity index (χ3v) is 3.06. The summed E-state index contributed by atoms with van der Waals surface area (Å²) >= 11 is 0. The summed E-state index contributed by atoms with van der Waals surface area (Å²) in [6, 6.07) is 0.249. The minimum atomic E-state index is -0.232. The molecule has 2 heteroatoms. The molecule has 1 aliphatic carbocycles. The zero-order chi connectivity index (χ0) is 9.57. The average Bonchev–Trinajstić information content (AvgIpc) is 1.80. The maximum atomic E-state index is 10.0. The Morgan fingerprint density at radius 2 is 1.42 bits per heavy atom. The monoisotopic (exact) mass is 171 g/mol. The van der Waals surface area contributed by atoms with Crippen molar-refractivity contribution in [2.45, 2.75) is 52.7 Å². The zero-order valence-electron chi connectivity index (χ0n) is 8.59. The molecule has 0 atom stereocenters. The fraction of sp³-hybridized carbons (Fsp3) is 1.00. The van der Waals surface area contributed by atoms with Gasteiger partial charge in [-0.05, 0) is 23.7 Å². The molecule has 0 bridgehead atoms. The van der Waals surface area contributed by atoms with Crippen molar-refractivity contribution < 1.29 is 5.11 Å². The summed E-state index contributed by atoms with van der Waals surface area (Å²) in [4.78, 5) is 0. The number of hydrogen-bond acceptors (Lipinski definition) is 2. The standard InChI is InChI=1S/C10H21NO/c1-9(2)5-7(11)6-10(3,4)8(9)12/h7-8,12H,5-6,11H2,1-4H3. The van der Waals surface area contributed by atoms with Crippen LogP contribution in [0.25, 0.3) is 0 Å². The number of aliphatic hydroxyl groups is 1. The molecule has 0 saturated heterocycles. The third-order valence-electron chi connectivity index (χ3n) is 3.06. The van der Waals surface area contributed by atoms with Crippen molar-refractivity contribution in [3.8, 4) is 0 Å². The number of hydrogen-bond donors (Lipinski definition) is 2. The lowest BCUT2D eigenvalue weighted by Gasteiger charge is -2.48. The van der Waals surface area contributed by atoms with E-state index < -0.39 is 0 Å². The first-order valence-corrected chi connectivity index (χ1v) is 4.69. The van der Waals surface area contributed by atoms with Gasteiger partial charge in [0.25, 0.3) is 0 Å². The van der Waals surface area contributed by atoms with Gasteiger partial charge in [-0.2, -0.15) is 0 Å². The van der Waals surface area contributed by atoms with E-state index in [1.54, 1.807) is 0 Å². The molecule has 0 heterocycles. The Morgan fingerprint density at radius 1 is 1.08 bits per heavy atom. The highest BCUT2D eigenvalue weighted by molar-refractivity contribution is 4.97. The maximum Gasteiger partial charge on any atom is 0.0643 e. The molecular weight excluding hydrogens is 150 g/mol. The van der Waals surface area contributed by atoms with Gasteiger partial charge < -0.3 is 10.8 Å². The second-order valence-corrected chi connectivity index (χ2v) is 5.55. The molecule has 0 aromatic carbocycles. The fourth-order valence-corrected chi connectivity index (χ4v) is 2.70. The first-order chi connectivity index (χ1) is 5.26. The predicted octanol–water partition coefficient (Wildman–Crippen LogP) is 1.52. The van der Waals surface area contributed by atoms with E-state index in [9.17, 15) is 5.11 Å². The van der Waals surface area contributed by atoms with Gasteiger partial charge in [-0.15, -0.1) is 0 Å². The van der Waals surface area contributed by atoms with Crippen LogP contribution in [0.5, 0.6) is 0 Å². The molecule has 3 N–H and O–H groups in total. The molecule has 72 valence electrons. The Bertz CT molecular complexity index is 157. The van der Waals surface area contributed by atoms with Gasteiger partial charge in [0, 0.05) is 6.04 Å². The summed E-state index contributed by atoms with van der Waals surface area (Å²) in [5.41, 5.74) is 5.88. The van der Waals surface area contributed by atoms with E-state index >= 15 is 0 Å².